The lowest BCUT2D eigenvalue weighted by molar-refractivity contribution is 0.198. The first kappa shape index (κ1) is 24.1. The molecule has 0 amide bonds. The van der Waals surface area contributed by atoms with Crippen LogP contribution in [0.3, 0.4) is 0 Å². The number of rotatable bonds is 7. The molecule has 2 N–H and O–H groups in total. The molecule has 1 aliphatic heterocycles. The highest BCUT2D eigenvalue weighted by molar-refractivity contribution is 14.0. The van der Waals surface area contributed by atoms with E-state index < -0.39 is 0 Å². The molecule has 3 rings (SSSR count). The van der Waals surface area contributed by atoms with Crippen molar-refractivity contribution in [2.24, 2.45) is 4.99 Å². The third kappa shape index (κ3) is 7.53. The van der Waals surface area contributed by atoms with Crippen molar-refractivity contribution >= 4 is 41.3 Å². The van der Waals surface area contributed by atoms with Crippen LogP contribution in [0.5, 0.6) is 0 Å². The van der Waals surface area contributed by atoms with Crippen LogP contribution in [0.4, 0.5) is 0 Å². The van der Waals surface area contributed by atoms with Gasteiger partial charge in [0.2, 0.25) is 0 Å². The first-order chi connectivity index (χ1) is 13.7. The first-order valence-electron chi connectivity index (χ1n) is 10.4. The van der Waals surface area contributed by atoms with Crippen LogP contribution in [-0.2, 0) is 19.5 Å². The lowest BCUT2D eigenvalue weighted by Gasteiger charge is -2.33. The summed E-state index contributed by atoms with van der Waals surface area (Å²) in [5.41, 5.74) is 2.83. The Balaban J connectivity index is 0.00000300. The van der Waals surface area contributed by atoms with E-state index in [1.54, 1.807) is 11.3 Å². The van der Waals surface area contributed by atoms with Gasteiger partial charge < -0.3 is 10.6 Å². The number of aliphatic imine (C=N–C) groups is 1. The van der Waals surface area contributed by atoms with Crippen molar-refractivity contribution in [3.8, 4) is 0 Å². The third-order valence-corrected chi connectivity index (χ3v) is 6.38. The van der Waals surface area contributed by atoms with E-state index in [0.29, 0.717) is 12.6 Å². The van der Waals surface area contributed by atoms with Crippen molar-refractivity contribution in [1.82, 2.24) is 20.5 Å². The standard InChI is InChI=1S/C22H33N5S.HI/c1-4-20-14-24-21(28-20)15-25-22(23-5-2)26-19-10-12-27(13-11-19)16-18-9-7-6-8-17(18)3;/h6-9,14,19H,4-5,10-13,15-16H2,1-3H3,(H2,23,25,26);1H. The molecule has 2 aromatic rings. The van der Waals surface area contributed by atoms with E-state index in [4.69, 9.17) is 4.99 Å². The van der Waals surface area contributed by atoms with Crippen LogP contribution in [0, 0.1) is 6.92 Å². The number of guanidine groups is 1. The Hall–Kier alpha value is -1.19. The summed E-state index contributed by atoms with van der Waals surface area (Å²) >= 11 is 1.76. The molecule has 1 fully saturated rings. The van der Waals surface area contributed by atoms with Crippen LogP contribution < -0.4 is 10.6 Å². The highest BCUT2D eigenvalue weighted by Crippen LogP contribution is 2.17. The van der Waals surface area contributed by atoms with Crippen LogP contribution in [0.15, 0.2) is 35.5 Å². The SMILES string of the molecule is CCNC(=NCc1ncc(CC)s1)NC1CCN(Cc2ccccc2C)CC1.I. The zero-order valence-electron chi connectivity index (χ0n) is 17.8. The van der Waals surface area contributed by atoms with Crippen LogP contribution >= 0.6 is 35.3 Å². The van der Waals surface area contributed by atoms with E-state index in [1.165, 1.54) is 16.0 Å². The van der Waals surface area contributed by atoms with Gasteiger partial charge in [0.05, 0.1) is 6.54 Å². The maximum atomic E-state index is 4.75. The molecule has 0 unspecified atom stereocenters. The van der Waals surface area contributed by atoms with E-state index in [2.05, 4.69) is 65.6 Å². The number of nitrogens with zero attached hydrogens (tertiary/aromatic N) is 3. The lowest BCUT2D eigenvalue weighted by atomic mass is 10.0. The number of nitrogens with one attached hydrogen (secondary N) is 2. The van der Waals surface area contributed by atoms with Gasteiger partial charge in [-0.15, -0.1) is 35.3 Å². The molecule has 7 heteroatoms. The van der Waals surface area contributed by atoms with E-state index in [0.717, 1.165) is 56.4 Å². The van der Waals surface area contributed by atoms with E-state index in [1.807, 2.05) is 6.20 Å². The van der Waals surface area contributed by atoms with E-state index in [9.17, 15) is 0 Å². The molecule has 1 aromatic carbocycles. The Morgan fingerprint density at radius 1 is 1.24 bits per heavy atom. The van der Waals surface area contributed by atoms with E-state index in [-0.39, 0.29) is 24.0 Å². The molecule has 5 nitrogen and oxygen atoms in total. The van der Waals surface area contributed by atoms with Gasteiger partial charge in [0, 0.05) is 43.3 Å². The summed E-state index contributed by atoms with van der Waals surface area (Å²) < 4.78 is 0. The van der Waals surface area contributed by atoms with Crippen molar-refractivity contribution in [2.45, 2.75) is 59.2 Å². The van der Waals surface area contributed by atoms with Crippen molar-refractivity contribution < 1.29 is 0 Å². The Morgan fingerprint density at radius 2 is 2.00 bits per heavy atom. The average Bonchev–Trinajstić information content (AvgIpc) is 3.18. The Kier molecular flexibility index (Phi) is 10.4. The lowest BCUT2D eigenvalue weighted by Crippen LogP contribution is -2.48. The number of aryl methyl sites for hydroxylation is 2. The molecular weight excluding hydrogens is 493 g/mol. The molecule has 1 aliphatic rings. The van der Waals surface area contributed by atoms with Crippen molar-refractivity contribution in [1.29, 1.82) is 0 Å². The maximum absolute atomic E-state index is 4.75. The molecule has 29 heavy (non-hydrogen) atoms. The predicted octanol–water partition coefficient (Wildman–Crippen LogP) is 4.35. The van der Waals surface area contributed by atoms with Crippen LogP contribution in [0.1, 0.15) is 47.7 Å². The van der Waals surface area contributed by atoms with Crippen LogP contribution in [0.25, 0.3) is 0 Å². The fraction of sp³-hybridized carbons (Fsp3) is 0.545. The van der Waals surface area contributed by atoms with Crippen molar-refractivity contribution in [2.75, 3.05) is 19.6 Å². The molecule has 0 spiro atoms. The van der Waals surface area contributed by atoms with Gasteiger partial charge in [0.25, 0.3) is 0 Å². The molecule has 0 saturated carbocycles. The Labute approximate surface area is 196 Å². The van der Waals surface area contributed by atoms with Gasteiger partial charge in [-0.25, -0.2) is 9.98 Å². The smallest absolute Gasteiger partial charge is 0.191 e. The topological polar surface area (TPSA) is 52.6 Å². The van der Waals surface area contributed by atoms with Gasteiger partial charge in [-0.05, 0) is 44.2 Å². The summed E-state index contributed by atoms with van der Waals surface area (Å²) in [6.45, 7) is 11.3. The molecule has 0 atom stereocenters. The van der Waals surface area contributed by atoms with Crippen LogP contribution in [0.2, 0.25) is 0 Å². The minimum Gasteiger partial charge on any atom is -0.357 e. The van der Waals surface area contributed by atoms with Gasteiger partial charge in [-0.3, -0.25) is 4.90 Å². The summed E-state index contributed by atoms with van der Waals surface area (Å²) in [6.07, 6.45) is 5.31. The third-order valence-electron chi connectivity index (χ3n) is 5.25. The monoisotopic (exact) mass is 527 g/mol. The molecule has 0 bridgehead atoms. The van der Waals surface area contributed by atoms with Gasteiger partial charge in [-0.2, -0.15) is 0 Å². The first-order valence-corrected chi connectivity index (χ1v) is 11.2. The number of likely N-dealkylation sites (tertiary alicyclic amines) is 1. The Bertz CT molecular complexity index is 768. The van der Waals surface area contributed by atoms with Gasteiger partial charge >= 0.3 is 0 Å². The molecule has 0 radical (unpaired) electrons. The minimum atomic E-state index is 0. The number of hydrogen-bond donors (Lipinski definition) is 2. The van der Waals surface area contributed by atoms with Gasteiger partial charge in [0.15, 0.2) is 5.96 Å². The summed E-state index contributed by atoms with van der Waals surface area (Å²) in [6, 6.07) is 9.19. The molecule has 2 heterocycles. The number of benzene rings is 1. The van der Waals surface area contributed by atoms with Gasteiger partial charge in [-0.1, -0.05) is 31.2 Å². The number of thiazole rings is 1. The summed E-state index contributed by atoms with van der Waals surface area (Å²) in [5.74, 6) is 0.910. The van der Waals surface area contributed by atoms with Crippen molar-refractivity contribution in [3.05, 3.63) is 51.5 Å². The largest absolute Gasteiger partial charge is 0.357 e. The second-order valence-corrected chi connectivity index (χ2v) is 8.59. The fourth-order valence-electron chi connectivity index (χ4n) is 3.51. The molecule has 0 aliphatic carbocycles. The number of piperidine rings is 1. The molecule has 160 valence electrons. The zero-order valence-corrected chi connectivity index (χ0v) is 20.9. The second kappa shape index (κ2) is 12.5. The highest BCUT2D eigenvalue weighted by Gasteiger charge is 2.20. The predicted molar refractivity (Wildman–Crippen MR) is 134 cm³/mol. The molecular formula is C22H34IN5S. The molecule has 1 aromatic heterocycles. The maximum Gasteiger partial charge on any atom is 0.191 e. The number of hydrogen-bond acceptors (Lipinski definition) is 4. The minimum absolute atomic E-state index is 0. The Morgan fingerprint density at radius 3 is 2.66 bits per heavy atom. The van der Waals surface area contributed by atoms with Crippen LogP contribution in [-0.4, -0.2) is 41.5 Å². The summed E-state index contributed by atoms with van der Waals surface area (Å²) in [7, 11) is 0. The highest BCUT2D eigenvalue weighted by atomic mass is 127. The quantitative estimate of drug-likeness (QED) is 0.320. The normalized spacial score (nSPS) is 15.8. The van der Waals surface area contributed by atoms with E-state index >= 15 is 0 Å². The molecule has 1 saturated heterocycles. The van der Waals surface area contributed by atoms with Gasteiger partial charge in [0.1, 0.15) is 5.01 Å². The number of aromatic nitrogens is 1. The zero-order chi connectivity index (χ0) is 19.8. The number of halogens is 1. The summed E-state index contributed by atoms with van der Waals surface area (Å²) in [5, 5.41) is 8.10. The average molecular weight is 528 g/mol. The van der Waals surface area contributed by atoms with Crippen molar-refractivity contribution in [3.63, 3.8) is 0 Å². The second-order valence-electron chi connectivity index (χ2n) is 7.39. The fourth-order valence-corrected chi connectivity index (χ4v) is 4.30. The summed E-state index contributed by atoms with van der Waals surface area (Å²) in [4.78, 5) is 13.1.